The Morgan fingerprint density at radius 2 is 1.63 bits per heavy atom. The molecule has 27 heavy (non-hydrogen) atoms. The number of para-hydroxylation sites is 2. The lowest BCUT2D eigenvalue weighted by Gasteiger charge is -2.33. The van der Waals surface area contributed by atoms with E-state index in [0.29, 0.717) is 6.54 Å². The first-order chi connectivity index (χ1) is 13.2. The van der Waals surface area contributed by atoms with Crippen LogP contribution in [0, 0.1) is 0 Å². The highest BCUT2D eigenvalue weighted by Gasteiger charge is 2.25. The maximum Gasteiger partial charge on any atom is 0.322 e. The van der Waals surface area contributed by atoms with Crippen molar-refractivity contribution >= 4 is 17.3 Å². The summed E-state index contributed by atoms with van der Waals surface area (Å²) in [5.41, 5.74) is 5.43. The molecule has 2 aromatic carbocycles. The van der Waals surface area contributed by atoms with E-state index in [1.165, 1.54) is 22.5 Å². The number of hydrogen-bond acceptors (Lipinski definition) is 4. The van der Waals surface area contributed by atoms with Crippen LogP contribution in [0.25, 0.3) is 0 Å². The van der Waals surface area contributed by atoms with Crippen molar-refractivity contribution in [1.82, 2.24) is 10.2 Å². The average molecular weight is 365 g/mol. The van der Waals surface area contributed by atoms with E-state index in [0.717, 1.165) is 45.4 Å². The summed E-state index contributed by atoms with van der Waals surface area (Å²) in [4.78, 5) is 16.0. The van der Waals surface area contributed by atoms with Gasteiger partial charge in [0, 0.05) is 37.6 Å². The molecule has 0 aromatic heterocycles. The lowest BCUT2D eigenvalue weighted by Crippen LogP contribution is -2.54. The molecule has 0 saturated carbocycles. The van der Waals surface area contributed by atoms with E-state index in [1.54, 1.807) is 0 Å². The van der Waals surface area contributed by atoms with Gasteiger partial charge in [0.05, 0.1) is 0 Å². The average Bonchev–Trinajstić information content (AvgIpc) is 2.86. The summed E-state index contributed by atoms with van der Waals surface area (Å²) in [6.45, 7) is 4.10. The molecule has 0 amide bonds. The fourth-order valence-electron chi connectivity index (χ4n) is 4.24. The molecule has 1 fully saturated rings. The first-order valence-corrected chi connectivity index (χ1v) is 9.84. The van der Waals surface area contributed by atoms with Crippen LogP contribution in [0.15, 0.2) is 48.5 Å². The van der Waals surface area contributed by atoms with Gasteiger partial charge < -0.3 is 15.3 Å². The van der Waals surface area contributed by atoms with Gasteiger partial charge in [0.1, 0.15) is 6.04 Å². The molecule has 2 aliphatic heterocycles. The van der Waals surface area contributed by atoms with Crippen molar-refractivity contribution < 1.29 is 9.90 Å². The Kier molecular flexibility index (Phi) is 5.41. The van der Waals surface area contributed by atoms with E-state index >= 15 is 0 Å². The normalized spacial score (nSPS) is 19.9. The summed E-state index contributed by atoms with van der Waals surface area (Å²) in [6, 6.07) is 17.0. The maximum absolute atomic E-state index is 11.2. The van der Waals surface area contributed by atoms with Gasteiger partial charge in [-0.3, -0.25) is 9.69 Å². The highest BCUT2D eigenvalue weighted by molar-refractivity contribution is 5.74. The molecule has 0 bridgehead atoms. The van der Waals surface area contributed by atoms with Crippen LogP contribution in [-0.2, 0) is 17.6 Å². The minimum absolute atomic E-state index is 0.446. The summed E-state index contributed by atoms with van der Waals surface area (Å²) in [7, 11) is 0. The number of carboxylic acid groups (broad SMARTS) is 1. The lowest BCUT2D eigenvalue weighted by molar-refractivity contribution is -0.140. The van der Waals surface area contributed by atoms with Gasteiger partial charge in [-0.2, -0.15) is 0 Å². The first kappa shape index (κ1) is 18.0. The number of carboxylic acids is 1. The number of aliphatic carboxylic acids is 1. The third-order valence-corrected chi connectivity index (χ3v) is 5.64. The number of anilines is 2. The number of nitrogens with one attached hydrogen (secondary N) is 1. The Balaban J connectivity index is 1.47. The summed E-state index contributed by atoms with van der Waals surface area (Å²) in [5, 5.41) is 12.3. The Morgan fingerprint density at radius 3 is 2.26 bits per heavy atom. The second kappa shape index (κ2) is 8.11. The quantitative estimate of drug-likeness (QED) is 0.853. The third kappa shape index (κ3) is 3.99. The molecule has 2 aliphatic rings. The highest BCUT2D eigenvalue weighted by Crippen LogP contribution is 2.35. The largest absolute Gasteiger partial charge is 0.480 e. The van der Waals surface area contributed by atoms with Gasteiger partial charge >= 0.3 is 5.97 Å². The van der Waals surface area contributed by atoms with Crippen LogP contribution in [0.3, 0.4) is 0 Å². The number of hydrogen-bond donors (Lipinski definition) is 2. The zero-order valence-electron chi connectivity index (χ0n) is 15.6. The number of benzene rings is 2. The van der Waals surface area contributed by atoms with Gasteiger partial charge in [-0.1, -0.05) is 36.4 Å². The highest BCUT2D eigenvalue weighted by atomic mass is 16.4. The van der Waals surface area contributed by atoms with Crippen molar-refractivity contribution in [2.24, 2.45) is 0 Å². The minimum atomic E-state index is -0.755. The standard InChI is InChI=1S/C22H27N3O2/c26-22(27)19-16-24(15-12-23-19)13-5-14-25-20-8-3-1-6-17(20)10-11-18-7-2-4-9-21(18)25/h1-4,6-9,19,23H,5,10-16H2,(H,26,27). The van der Waals surface area contributed by atoms with E-state index < -0.39 is 12.0 Å². The molecule has 1 saturated heterocycles. The molecular weight excluding hydrogens is 338 g/mol. The molecule has 5 heteroatoms. The third-order valence-electron chi connectivity index (χ3n) is 5.64. The summed E-state index contributed by atoms with van der Waals surface area (Å²) in [5.74, 6) is -0.755. The molecule has 0 aliphatic carbocycles. The van der Waals surface area contributed by atoms with Crippen molar-refractivity contribution in [2.75, 3.05) is 37.6 Å². The van der Waals surface area contributed by atoms with Crippen molar-refractivity contribution in [2.45, 2.75) is 25.3 Å². The predicted octanol–water partition coefficient (Wildman–Crippen LogP) is 2.67. The molecule has 2 heterocycles. The monoisotopic (exact) mass is 365 g/mol. The van der Waals surface area contributed by atoms with Crippen molar-refractivity contribution in [1.29, 1.82) is 0 Å². The number of nitrogens with zero attached hydrogens (tertiary/aromatic N) is 2. The smallest absolute Gasteiger partial charge is 0.322 e. The van der Waals surface area contributed by atoms with Gasteiger partial charge in [-0.05, 0) is 49.1 Å². The van der Waals surface area contributed by atoms with Gasteiger partial charge in [0.2, 0.25) is 0 Å². The van der Waals surface area contributed by atoms with E-state index in [9.17, 15) is 9.90 Å². The molecule has 1 atom stereocenters. The van der Waals surface area contributed by atoms with Crippen LogP contribution >= 0.6 is 0 Å². The van der Waals surface area contributed by atoms with Crippen LogP contribution in [0.4, 0.5) is 11.4 Å². The van der Waals surface area contributed by atoms with E-state index in [1.807, 2.05) is 0 Å². The Labute approximate surface area is 160 Å². The van der Waals surface area contributed by atoms with E-state index in [2.05, 4.69) is 63.6 Å². The van der Waals surface area contributed by atoms with Crippen molar-refractivity contribution in [3.8, 4) is 0 Å². The Morgan fingerprint density at radius 1 is 1.00 bits per heavy atom. The summed E-state index contributed by atoms with van der Waals surface area (Å²) < 4.78 is 0. The fraction of sp³-hybridized carbons (Fsp3) is 0.409. The topological polar surface area (TPSA) is 55.8 Å². The molecule has 2 aromatic rings. The SMILES string of the molecule is O=C(O)C1CN(CCCN2c3ccccc3CCc3ccccc32)CCN1. The first-order valence-electron chi connectivity index (χ1n) is 9.84. The molecule has 0 radical (unpaired) electrons. The van der Waals surface area contributed by atoms with Crippen LogP contribution < -0.4 is 10.2 Å². The van der Waals surface area contributed by atoms with Crippen LogP contribution in [0.5, 0.6) is 0 Å². The zero-order chi connectivity index (χ0) is 18.6. The zero-order valence-corrected chi connectivity index (χ0v) is 15.6. The molecule has 142 valence electrons. The van der Waals surface area contributed by atoms with Crippen molar-refractivity contribution in [3.05, 3.63) is 59.7 Å². The predicted molar refractivity (Wildman–Crippen MR) is 108 cm³/mol. The molecule has 1 unspecified atom stereocenters. The minimum Gasteiger partial charge on any atom is -0.480 e. The molecule has 4 rings (SSSR count). The molecule has 2 N–H and O–H groups in total. The molecule has 5 nitrogen and oxygen atoms in total. The van der Waals surface area contributed by atoms with Crippen LogP contribution in [0.2, 0.25) is 0 Å². The number of aryl methyl sites for hydroxylation is 2. The van der Waals surface area contributed by atoms with E-state index in [4.69, 9.17) is 0 Å². The summed E-state index contributed by atoms with van der Waals surface area (Å²) >= 11 is 0. The fourth-order valence-corrected chi connectivity index (χ4v) is 4.24. The van der Waals surface area contributed by atoms with Crippen molar-refractivity contribution in [3.63, 3.8) is 0 Å². The number of rotatable bonds is 5. The number of fused-ring (bicyclic) bond motifs is 2. The lowest BCUT2D eigenvalue weighted by atomic mass is 10.0. The van der Waals surface area contributed by atoms with E-state index in [-0.39, 0.29) is 0 Å². The number of carbonyl (C=O) groups is 1. The van der Waals surface area contributed by atoms with Gasteiger partial charge in [-0.25, -0.2) is 0 Å². The van der Waals surface area contributed by atoms with Gasteiger partial charge in [-0.15, -0.1) is 0 Å². The number of piperazine rings is 1. The maximum atomic E-state index is 11.2. The summed E-state index contributed by atoms with van der Waals surface area (Å²) in [6.07, 6.45) is 3.15. The second-order valence-corrected chi connectivity index (χ2v) is 7.41. The van der Waals surface area contributed by atoms with Crippen LogP contribution in [-0.4, -0.2) is 54.7 Å². The Hall–Kier alpha value is -2.37. The van der Waals surface area contributed by atoms with Gasteiger partial charge in [0.15, 0.2) is 0 Å². The molecular formula is C22H27N3O2. The Bertz CT molecular complexity index is 760. The van der Waals surface area contributed by atoms with Gasteiger partial charge in [0.25, 0.3) is 0 Å². The van der Waals surface area contributed by atoms with Crippen LogP contribution in [0.1, 0.15) is 17.5 Å². The molecule has 0 spiro atoms. The second-order valence-electron chi connectivity index (χ2n) is 7.41.